The molecule has 1 aliphatic carbocycles. The van der Waals surface area contributed by atoms with Crippen LogP contribution in [0.4, 0.5) is 5.82 Å². The van der Waals surface area contributed by atoms with Gasteiger partial charge in [-0.2, -0.15) is 10.5 Å². The van der Waals surface area contributed by atoms with E-state index >= 15 is 0 Å². The summed E-state index contributed by atoms with van der Waals surface area (Å²) in [5.41, 5.74) is 1.75. The first-order valence-corrected chi connectivity index (χ1v) is 8.39. The van der Waals surface area contributed by atoms with Crippen LogP contribution in [0.2, 0.25) is 5.15 Å². The molecule has 1 aliphatic heterocycles. The van der Waals surface area contributed by atoms with Crippen LogP contribution in [0.1, 0.15) is 48.3 Å². The van der Waals surface area contributed by atoms with Crippen molar-refractivity contribution in [1.29, 1.82) is 10.5 Å². The molecule has 3 rings (SSSR count). The van der Waals surface area contributed by atoms with Crippen LogP contribution in [0.25, 0.3) is 0 Å². The molecule has 1 saturated heterocycles. The van der Waals surface area contributed by atoms with Crippen molar-refractivity contribution in [2.45, 2.75) is 37.6 Å². The number of likely N-dealkylation sites (N-methyl/N-ethyl adjacent to an activating group) is 1. The number of pyridine rings is 1. The van der Waals surface area contributed by atoms with E-state index in [1.54, 1.807) is 0 Å². The van der Waals surface area contributed by atoms with Crippen molar-refractivity contribution >= 4 is 17.4 Å². The third-order valence-corrected chi connectivity index (χ3v) is 5.08. The van der Waals surface area contributed by atoms with Crippen LogP contribution in [0.15, 0.2) is 0 Å². The SMILES string of the molecule is CN(C)C1CCCN(c2nc(Cl)c(C#N)c(C3CC3)c2C#N)C1. The van der Waals surface area contributed by atoms with Gasteiger partial charge in [-0.15, -0.1) is 0 Å². The van der Waals surface area contributed by atoms with Crippen molar-refractivity contribution < 1.29 is 0 Å². The van der Waals surface area contributed by atoms with Gasteiger partial charge in [0.25, 0.3) is 0 Å². The maximum Gasteiger partial charge on any atom is 0.149 e. The van der Waals surface area contributed by atoms with Gasteiger partial charge in [-0.1, -0.05) is 11.6 Å². The zero-order valence-electron chi connectivity index (χ0n) is 13.5. The van der Waals surface area contributed by atoms with E-state index in [0.29, 0.717) is 23.0 Å². The molecule has 23 heavy (non-hydrogen) atoms. The fraction of sp³-hybridized carbons (Fsp3) is 0.588. The van der Waals surface area contributed by atoms with E-state index in [2.05, 4.69) is 41.0 Å². The Kier molecular flexibility index (Phi) is 4.43. The molecule has 0 bridgehead atoms. The third-order valence-electron chi connectivity index (χ3n) is 4.81. The van der Waals surface area contributed by atoms with Crippen LogP contribution in [-0.4, -0.2) is 43.1 Å². The van der Waals surface area contributed by atoms with Crippen molar-refractivity contribution in [3.05, 3.63) is 21.8 Å². The molecule has 0 aromatic carbocycles. The fourth-order valence-electron chi connectivity index (χ4n) is 3.36. The molecule has 1 aromatic heterocycles. The summed E-state index contributed by atoms with van der Waals surface area (Å²) >= 11 is 6.27. The highest BCUT2D eigenvalue weighted by molar-refractivity contribution is 6.30. The second-order valence-electron chi connectivity index (χ2n) is 6.59. The van der Waals surface area contributed by atoms with Crippen LogP contribution in [0.5, 0.6) is 0 Å². The van der Waals surface area contributed by atoms with E-state index in [9.17, 15) is 10.5 Å². The number of hydrogen-bond donors (Lipinski definition) is 0. The van der Waals surface area contributed by atoms with E-state index in [1.807, 2.05) is 0 Å². The third kappa shape index (κ3) is 3.00. The van der Waals surface area contributed by atoms with Crippen LogP contribution in [0, 0.1) is 22.7 Å². The standard InChI is InChI=1S/C17H20ClN5/c1-22(2)12-4-3-7-23(10-12)17-14(9-20)15(11-5-6-11)13(8-19)16(18)21-17/h11-12H,3-7,10H2,1-2H3. The Morgan fingerprint density at radius 3 is 2.43 bits per heavy atom. The lowest BCUT2D eigenvalue weighted by Crippen LogP contribution is -2.45. The van der Waals surface area contributed by atoms with Gasteiger partial charge in [0, 0.05) is 19.1 Å². The van der Waals surface area contributed by atoms with Gasteiger partial charge in [0.05, 0.1) is 11.1 Å². The lowest BCUT2D eigenvalue weighted by atomic mass is 9.98. The number of hydrogen-bond acceptors (Lipinski definition) is 5. The molecule has 120 valence electrons. The van der Waals surface area contributed by atoms with Crippen molar-refractivity contribution in [2.75, 3.05) is 32.1 Å². The van der Waals surface area contributed by atoms with Gasteiger partial charge in [-0.3, -0.25) is 0 Å². The van der Waals surface area contributed by atoms with Crippen molar-refractivity contribution in [1.82, 2.24) is 9.88 Å². The quantitative estimate of drug-likeness (QED) is 0.798. The lowest BCUT2D eigenvalue weighted by Gasteiger charge is -2.37. The van der Waals surface area contributed by atoms with Gasteiger partial charge in [-0.05, 0) is 51.3 Å². The first kappa shape index (κ1) is 16.1. The molecule has 0 spiro atoms. The zero-order chi connectivity index (χ0) is 16.6. The molecule has 1 unspecified atom stereocenters. The first-order chi connectivity index (χ1) is 11.1. The Hall–Kier alpha value is -1.82. The molecule has 2 heterocycles. The lowest BCUT2D eigenvalue weighted by molar-refractivity contribution is 0.257. The number of piperidine rings is 1. The maximum absolute atomic E-state index is 9.71. The van der Waals surface area contributed by atoms with E-state index in [4.69, 9.17) is 11.6 Å². The molecular weight excluding hydrogens is 310 g/mol. The first-order valence-electron chi connectivity index (χ1n) is 8.01. The summed E-state index contributed by atoms with van der Waals surface area (Å²) in [6, 6.07) is 4.89. The van der Waals surface area contributed by atoms with Gasteiger partial charge in [0.2, 0.25) is 0 Å². The predicted octanol–water partition coefficient (Wildman–Crippen LogP) is 2.89. The Balaban J connectivity index is 2.06. The zero-order valence-corrected chi connectivity index (χ0v) is 14.3. The molecule has 0 N–H and O–H groups in total. The molecule has 0 amide bonds. The largest absolute Gasteiger partial charge is 0.354 e. The molecular formula is C17H20ClN5. The maximum atomic E-state index is 9.71. The van der Waals surface area contributed by atoms with Crippen molar-refractivity contribution in [3.8, 4) is 12.1 Å². The minimum absolute atomic E-state index is 0.232. The van der Waals surface area contributed by atoms with E-state index in [0.717, 1.165) is 44.3 Å². The molecule has 1 aromatic rings. The monoisotopic (exact) mass is 329 g/mol. The number of aromatic nitrogens is 1. The second-order valence-corrected chi connectivity index (χ2v) is 6.95. The molecule has 6 heteroatoms. The average Bonchev–Trinajstić information content (AvgIpc) is 3.38. The minimum atomic E-state index is 0.232. The normalized spacial score (nSPS) is 21.1. The van der Waals surface area contributed by atoms with Crippen LogP contribution in [0.3, 0.4) is 0 Å². The summed E-state index contributed by atoms with van der Waals surface area (Å²) in [5.74, 6) is 0.943. The number of rotatable bonds is 3. The van der Waals surface area contributed by atoms with Gasteiger partial charge in [-0.25, -0.2) is 4.98 Å². The predicted molar refractivity (Wildman–Crippen MR) is 89.6 cm³/mol. The summed E-state index contributed by atoms with van der Waals surface area (Å²) in [6.07, 6.45) is 4.24. The Bertz CT molecular complexity index is 696. The molecule has 2 fully saturated rings. The number of nitrogens with zero attached hydrogens (tertiary/aromatic N) is 5. The van der Waals surface area contributed by atoms with Gasteiger partial charge >= 0.3 is 0 Å². The number of nitriles is 2. The van der Waals surface area contributed by atoms with Crippen molar-refractivity contribution in [3.63, 3.8) is 0 Å². The summed E-state index contributed by atoms with van der Waals surface area (Å²) < 4.78 is 0. The molecule has 5 nitrogen and oxygen atoms in total. The highest BCUT2D eigenvalue weighted by Crippen LogP contribution is 2.46. The highest BCUT2D eigenvalue weighted by atomic mass is 35.5. The van der Waals surface area contributed by atoms with Gasteiger partial charge in [0.15, 0.2) is 0 Å². The molecule has 1 saturated carbocycles. The van der Waals surface area contributed by atoms with Crippen LogP contribution < -0.4 is 4.90 Å². The Labute approximate surface area is 142 Å². The van der Waals surface area contributed by atoms with Crippen LogP contribution in [-0.2, 0) is 0 Å². The summed E-state index contributed by atoms with van der Waals surface area (Å²) in [4.78, 5) is 8.80. The number of anilines is 1. The van der Waals surface area contributed by atoms with E-state index in [1.165, 1.54) is 0 Å². The topological polar surface area (TPSA) is 66.9 Å². The molecule has 0 radical (unpaired) electrons. The summed E-state index contributed by atoms with van der Waals surface area (Å²) in [6.45, 7) is 1.71. The van der Waals surface area contributed by atoms with Gasteiger partial charge in [0.1, 0.15) is 23.1 Å². The minimum Gasteiger partial charge on any atom is -0.354 e. The summed E-state index contributed by atoms with van der Waals surface area (Å²) in [5, 5.41) is 19.4. The van der Waals surface area contributed by atoms with E-state index < -0.39 is 0 Å². The smallest absolute Gasteiger partial charge is 0.149 e. The summed E-state index contributed by atoms with van der Waals surface area (Å²) in [7, 11) is 4.16. The highest BCUT2D eigenvalue weighted by Gasteiger charge is 2.34. The second kappa shape index (κ2) is 6.35. The van der Waals surface area contributed by atoms with Gasteiger partial charge < -0.3 is 9.80 Å². The Morgan fingerprint density at radius 2 is 1.87 bits per heavy atom. The molecule has 2 aliphatic rings. The van der Waals surface area contributed by atoms with E-state index in [-0.39, 0.29) is 11.1 Å². The molecule has 1 atom stereocenters. The Morgan fingerprint density at radius 1 is 1.17 bits per heavy atom. The van der Waals surface area contributed by atoms with Crippen molar-refractivity contribution in [2.24, 2.45) is 0 Å². The average molecular weight is 330 g/mol. The number of halogens is 1. The fourth-order valence-corrected chi connectivity index (χ4v) is 3.58. The van der Waals surface area contributed by atoms with Crippen LogP contribution >= 0.6 is 11.6 Å².